The molecule has 1 N–H and O–H groups in total. The molecule has 0 spiro atoms. The van der Waals surface area contributed by atoms with E-state index in [1.165, 1.54) is 21.5 Å². The van der Waals surface area contributed by atoms with Gasteiger partial charge in [0.2, 0.25) is 0 Å². The van der Waals surface area contributed by atoms with Crippen LogP contribution < -0.4 is 10.9 Å². The molecule has 6 nitrogen and oxygen atoms in total. The van der Waals surface area contributed by atoms with Gasteiger partial charge in [0.05, 0.1) is 0 Å². The van der Waals surface area contributed by atoms with E-state index in [0.29, 0.717) is 11.3 Å². The SMILES string of the molecule is CC(C)NC(=O)c1cc2nccc(=O)n2n1C. The molecule has 0 aromatic carbocycles. The van der Waals surface area contributed by atoms with Gasteiger partial charge in [-0.1, -0.05) is 0 Å². The van der Waals surface area contributed by atoms with Crippen molar-refractivity contribution in [1.82, 2.24) is 19.5 Å². The van der Waals surface area contributed by atoms with Crippen LogP contribution in [-0.4, -0.2) is 26.1 Å². The third-order valence-corrected chi connectivity index (χ3v) is 2.42. The highest BCUT2D eigenvalue weighted by atomic mass is 16.2. The van der Waals surface area contributed by atoms with Gasteiger partial charge in [0.1, 0.15) is 5.69 Å². The predicted octanol–water partition coefficient (Wildman–Crippen LogP) is 0.171. The first-order valence-electron chi connectivity index (χ1n) is 5.35. The van der Waals surface area contributed by atoms with Crippen LogP contribution in [0.25, 0.3) is 5.65 Å². The summed E-state index contributed by atoms with van der Waals surface area (Å²) in [6.45, 7) is 3.76. The van der Waals surface area contributed by atoms with Crippen molar-refractivity contribution in [2.24, 2.45) is 7.05 Å². The highest BCUT2D eigenvalue weighted by Crippen LogP contribution is 2.04. The normalized spacial score (nSPS) is 11.1. The second-order valence-electron chi connectivity index (χ2n) is 4.13. The van der Waals surface area contributed by atoms with Gasteiger partial charge >= 0.3 is 0 Å². The molecule has 2 aromatic rings. The van der Waals surface area contributed by atoms with E-state index in [4.69, 9.17) is 0 Å². The fraction of sp³-hybridized carbons (Fsp3) is 0.364. The van der Waals surface area contributed by atoms with Gasteiger partial charge in [-0.2, -0.15) is 4.52 Å². The molecule has 2 heterocycles. The van der Waals surface area contributed by atoms with Crippen LogP contribution in [0.15, 0.2) is 23.1 Å². The molecule has 0 bridgehead atoms. The molecule has 0 atom stereocenters. The summed E-state index contributed by atoms with van der Waals surface area (Å²) in [7, 11) is 1.66. The van der Waals surface area contributed by atoms with Crippen molar-refractivity contribution in [3.63, 3.8) is 0 Å². The van der Waals surface area contributed by atoms with E-state index >= 15 is 0 Å². The maximum Gasteiger partial charge on any atom is 0.272 e. The molecule has 0 fully saturated rings. The number of carbonyl (C=O) groups is 1. The molecule has 17 heavy (non-hydrogen) atoms. The monoisotopic (exact) mass is 234 g/mol. The third-order valence-electron chi connectivity index (χ3n) is 2.42. The molecule has 0 unspecified atom stereocenters. The predicted molar refractivity (Wildman–Crippen MR) is 63.0 cm³/mol. The van der Waals surface area contributed by atoms with Crippen molar-refractivity contribution >= 4 is 11.6 Å². The topological polar surface area (TPSA) is 68.4 Å². The molecule has 0 aliphatic heterocycles. The Labute approximate surface area is 97.9 Å². The Morgan fingerprint density at radius 1 is 1.47 bits per heavy atom. The Morgan fingerprint density at radius 2 is 2.18 bits per heavy atom. The van der Waals surface area contributed by atoms with Crippen LogP contribution in [0.1, 0.15) is 24.3 Å². The van der Waals surface area contributed by atoms with Gasteiger partial charge in [0, 0.05) is 31.4 Å². The highest BCUT2D eigenvalue weighted by molar-refractivity contribution is 5.93. The maximum atomic E-state index is 11.9. The van der Waals surface area contributed by atoms with Gasteiger partial charge in [0.25, 0.3) is 11.5 Å². The van der Waals surface area contributed by atoms with Gasteiger partial charge in [-0.3, -0.25) is 14.3 Å². The lowest BCUT2D eigenvalue weighted by Crippen LogP contribution is -2.32. The highest BCUT2D eigenvalue weighted by Gasteiger charge is 2.15. The summed E-state index contributed by atoms with van der Waals surface area (Å²) in [6, 6.07) is 3.00. The van der Waals surface area contributed by atoms with Crippen LogP contribution >= 0.6 is 0 Å². The Hall–Kier alpha value is -2.11. The average Bonchev–Trinajstić information content (AvgIpc) is 2.56. The van der Waals surface area contributed by atoms with Crippen LogP contribution in [0.2, 0.25) is 0 Å². The van der Waals surface area contributed by atoms with Crippen molar-refractivity contribution < 1.29 is 4.79 Å². The van der Waals surface area contributed by atoms with E-state index in [-0.39, 0.29) is 17.5 Å². The van der Waals surface area contributed by atoms with Crippen molar-refractivity contribution in [2.75, 3.05) is 0 Å². The van der Waals surface area contributed by atoms with E-state index in [1.54, 1.807) is 13.1 Å². The molecule has 90 valence electrons. The Morgan fingerprint density at radius 3 is 2.76 bits per heavy atom. The largest absolute Gasteiger partial charge is 0.349 e. The number of nitrogens with zero attached hydrogens (tertiary/aromatic N) is 3. The first-order valence-corrected chi connectivity index (χ1v) is 5.35. The van der Waals surface area contributed by atoms with E-state index < -0.39 is 0 Å². The summed E-state index contributed by atoms with van der Waals surface area (Å²) in [4.78, 5) is 27.6. The number of aromatic nitrogens is 3. The molecule has 0 radical (unpaired) electrons. The van der Waals surface area contributed by atoms with Gasteiger partial charge in [-0.25, -0.2) is 4.98 Å². The zero-order valence-corrected chi connectivity index (χ0v) is 9.97. The van der Waals surface area contributed by atoms with E-state index in [2.05, 4.69) is 10.3 Å². The van der Waals surface area contributed by atoms with Crippen LogP contribution in [-0.2, 0) is 7.05 Å². The Kier molecular flexibility index (Phi) is 2.71. The standard InChI is InChI=1S/C11H14N4O2/c1-7(2)13-11(17)8-6-9-12-5-4-10(16)15(9)14(8)3/h4-7H,1-3H3,(H,13,17). The van der Waals surface area contributed by atoms with Crippen LogP contribution in [0.3, 0.4) is 0 Å². The summed E-state index contributed by atoms with van der Waals surface area (Å²) in [5.41, 5.74) is 0.671. The number of amides is 1. The van der Waals surface area contributed by atoms with E-state index in [0.717, 1.165) is 0 Å². The molecule has 0 saturated carbocycles. The molecular formula is C11H14N4O2. The van der Waals surface area contributed by atoms with Gasteiger partial charge in [-0.05, 0) is 13.8 Å². The van der Waals surface area contributed by atoms with E-state index in [9.17, 15) is 9.59 Å². The molecule has 0 saturated heterocycles. The van der Waals surface area contributed by atoms with E-state index in [1.807, 2.05) is 13.8 Å². The number of rotatable bonds is 2. The number of fused-ring (bicyclic) bond motifs is 1. The molecule has 1 amide bonds. The summed E-state index contributed by atoms with van der Waals surface area (Å²) in [5, 5.41) is 2.78. The van der Waals surface area contributed by atoms with Crippen LogP contribution in [0.4, 0.5) is 0 Å². The molecule has 0 aliphatic carbocycles. The lowest BCUT2D eigenvalue weighted by molar-refractivity contribution is 0.0933. The number of hydrogen-bond donors (Lipinski definition) is 1. The lowest BCUT2D eigenvalue weighted by Gasteiger charge is -2.08. The van der Waals surface area contributed by atoms with Crippen LogP contribution in [0, 0.1) is 0 Å². The van der Waals surface area contributed by atoms with Gasteiger partial charge in [0.15, 0.2) is 5.65 Å². The fourth-order valence-electron chi connectivity index (χ4n) is 1.69. The van der Waals surface area contributed by atoms with Crippen molar-refractivity contribution in [3.05, 3.63) is 34.4 Å². The van der Waals surface area contributed by atoms with Crippen molar-refractivity contribution in [2.45, 2.75) is 19.9 Å². The average molecular weight is 234 g/mol. The number of hydrogen-bond acceptors (Lipinski definition) is 3. The summed E-state index contributed by atoms with van der Waals surface area (Å²) < 4.78 is 2.86. The Balaban J connectivity index is 2.57. The molecule has 2 rings (SSSR count). The second-order valence-corrected chi connectivity index (χ2v) is 4.13. The zero-order valence-electron chi connectivity index (χ0n) is 9.97. The lowest BCUT2D eigenvalue weighted by atomic mass is 10.3. The fourth-order valence-corrected chi connectivity index (χ4v) is 1.69. The summed E-state index contributed by atoms with van der Waals surface area (Å²) in [5.74, 6) is -0.215. The quantitative estimate of drug-likeness (QED) is 0.805. The molecular weight excluding hydrogens is 220 g/mol. The summed E-state index contributed by atoms with van der Waals surface area (Å²) in [6.07, 6.45) is 1.43. The summed E-state index contributed by atoms with van der Waals surface area (Å²) >= 11 is 0. The smallest absolute Gasteiger partial charge is 0.272 e. The minimum atomic E-state index is -0.215. The minimum Gasteiger partial charge on any atom is -0.349 e. The maximum absolute atomic E-state index is 11.9. The third kappa shape index (κ3) is 1.93. The number of nitrogens with one attached hydrogen (secondary N) is 1. The van der Waals surface area contributed by atoms with Crippen LogP contribution in [0.5, 0.6) is 0 Å². The Bertz CT molecular complexity index is 624. The molecule has 6 heteroatoms. The van der Waals surface area contributed by atoms with Crippen molar-refractivity contribution in [3.8, 4) is 0 Å². The first kappa shape index (κ1) is 11.4. The second kappa shape index (κ2) is 4.04. The number of aryl methyl sites for hydroxylation is 1. The zero-order chi connectivity index (χ0) is 12.6. The van der Waals surface area contributed by atoms with Gasteiger partial charge in [-0.15, -0.1) is 0 Å². The number of carbonyl (C=O) groups excluding carboxylic acids is 1. The van der Waals surface area contributed by atoms with Crippen molar-refractivity contribution in [1.29, 1.82) is 0 Å². The van der Waals surface area contributed by atoms with Gasteiger partial charge < -0.3 is 5.32 Å². The molecule has 0 aliphatic rings. The first-order chi connectivity index (χ1) is 8.00. The minimum absolute atomic E-state index is 0.0465. The molecule has 2 aromatic heterocycles.